The lowest BCUT2D eigenvalue weighted by Gasteiger charge is -2.10. The number of benzene rings is 2. The SMILES string of the molecule is O=[N+]([O-])c1ccc(COc2ccc(Cc3ncc(C(F)(F)F)cc3Cl)cc2)cc1. The van der Waals surface area contributed by atoms with Gasteiger partial charge in [-0.1, -0.05) is 23.7 Å². The fourth-order valence-electron chi connectivity index (χ4n) is 2.53. The Balaban J connectivity index is 1.61. The Labute approximate surface area is 168 Å². The van der Waals surface area contributed by atoms with Gasteiger partial charge in [0.15, 0.2) is 0 Å². The first kappa shape index (κ1) is 20.6. The van der Waals surface area contributed by atoms with Crippen molar-refractivity contribution in [3.05, 3.63) is 98.3 Å². The zero-order valence-electron chi connectivity index (χ0n) is 14.8. The van der Waals surface area contributed by atoms with Crippen LogP contribution in [0.4, 0.5) is 18.9 Å². The van der Waals surface area contributed by atoms with Crippen LogP contribution in [0.2, 0.25) is 5.02 Å². The van der Waals surface area contributed by atoms with E-state index in [-0.39, 0.29) is 23.7 Å². The summed E-state index contributed by atoms with van der Waals surface area (Å²) in [7, 11) is 0. The number of hydrogen-bond acceptors (Lipinski definition) is 4. The third-order valence-corrected chi connectivity index (χ3v) is 4.42. The predicted molar refractivity (Wildman–Crippen MR) is 101 cm³/mol. The Hall–Kier alpha value is -3.13. The first-order valence-corrected chi connectivity index (χ1v) is 8.77. The van der Waals surface area contributed by atoms with Crippen LogP contribution in [0.1, 0.15) is 22.4 Å². The number of ether oxygens (including phenoxy) is 1. The molecule has 0 aliphatic carbocycles. The molecule has 3 aromatic rings. The monoisotopic (exact) mass is 422 g/mol. The number of rotatable bonds is 6. The van der Waals surface area contributed by atoms with Crippen LogP contribution in [0.5, 0.6) is 5.75 Å². The molecule has 3 rings (SSSR count). The molecule has 1 heterocycles. The molecule has 0 saturated heterocycles. The molecule has 0 atom stereocenters. The number of pyridine rings is 1. The van der Waals surface area contributed by atoms with E-state index in [4.69, 9.17) is 16.3 Å². The van der Waals surface area contributed by atoms with E-state index in [2.05, 4.69) is 4.98 Å². The minimum absolute atomic E-state index is 0.00800. The molecule has 2 aromatic carbocycles. The fraction of sp³-hybridized carbons (Fsp3) is 0.150. The molecule has 29 heavy (non-hydrogen) atoms. The third kappa shape index (κ3) is 5.45. The fourth-order valence-corrected chi connectivity index (χ4v) is 2.76. The quantitative estimate of drug-likeness (QED) is 0.370. The van der Waals surface area contributed by atoms with Gasteiger partial charge in [0.1, 0.15) is 12.4 Å². The highest BCUT2D eigenvalue weighted by Crippen LogP contribution is 2.31. The first-order chi connectivity index (χ1) is 13.7. The molecule has 0 aliphatic rings. The number of alkyl halides is 3. The molecular formula is C20H14ClF3N2O3. The lowest BCUT2D eigenvalue weighted by molar-refractivity contribution is -0.384. The molecule has 0 amide bonds. The lowest BCUT2D eigenvalue weighted by Crippen LogP contribution is -2.06. The van der Waals surface area contributed by atoms with Crippen LogP contribution in [0.15, 0.2) is 60.8 Å². The van der Waals surface area contributed by atoms with Gasteiger partial charge in [-0.2, -0.15) is 13.2 Å². The third-order valence-electron chi connectivity index (χ3n) is 4.09. The maximum absolute atomic E-state index is 12.7. The van der Waals surface area contributed by atoms with Gasteiger partial charge in [-0.3, -0.25) is 15.1 Å². The predicted octanol–water partition coefficient (Wildman–Crippen LogP) is 5.83. The summed E-state index contributed by atoms with van der Waals surface area (Å²) >= 11 is 5.94. The normalized spacial score (nSPS) is 11.3. The average molecular weight is 423 g/mol. The largest absolute Gasteiger partial charge is 0.489 e. The Morgan fingerprint density at radius 3 is 2.21 bits per heavy atom. The minimum Gasteiger partial charge on any atom is -0.489 e. The maximum Gasteiger partial charge on any atom is 0.417 e. The van der Waals surface area contributed by atoms with Gasteiger partial charge in [0.25, 0.3) is 5.69 Å². The number of aromatic nitrogens is 1. The number of non-ortho nitro benzene ring substituents is 1. The zero-order valence-corrected chi connectivity index (χ0v) is 15.6. The topological polar surface area (TPSA) is 65.3 Å². The highest BCUT2D eigenvalue weighted by Gasteiger charge is 2.31. The van der Waals surface area contributed by atoms with Crippen LogP contribution in [-0.4, -0.2) is 9.91 Å². The molecule has 0 spiro atoms. The van der Waals surface area contributed by atoms with Gasteiger partial charge in [-0.25, -0.2) is 0 Å². The summed E-state index contributed by atoms with van der Waals surface area (Å²) in [5, 5.41) is 10.6. The molecule has 5 nitrogen and oxygen atoms in total. The van der Waals surface area contributed by atoms with Gasteiger partial charge in [-0.05, 0) is 41.5 Å². The Morgan fingerprint density at radius 1 is 1.03 bits per heavy atom. The van der Waals surface area contributed by atoms with Crippen molar-refractivity contribution >= 4 is 17.3 Å². The summed E-state index contributed by atoms with van der Waals surface area (Å²) in [4.78, 5) is 14.0. The van der Waals surface area contributed by atoms with Crippen molar-refractivity contribution in [3.8, 4) is 5.75 Å². The lowest BCUT2D eigenvalue weighted by atomic mass is 10.1. The summed E-state index contributed by atoms with van der Waals surface area (Å²) < 4.78 is 43.7. The van der Waals surface area contributed by atoms with E-state index in [0.29, 0.717) is 11.4 Å². The van der Waals surface area contributed by atoms with Crippen LogP contribution >= 0.6 is 11.6 Å². The Bertz CT molecular complexity index is 1010. The molecule has 150 valence electrons. The van der Waals surface area contributed by atoms with Crippen molar-refractivity contribution in [3.63, 3.8) is 0 Å². The van der Waals surface area contributed by atoms with Gasteiger partial charge >= 0.3 is 6.18 Å². The van der Waals surface area contributed by atoms with Crippen LogP contribution < -0.4 is 4.74 Å². The van der Waals surface area contributed by atoms with E-state index < -0.39 is 16.7 Å². The second kappa shape index (κ2) is 8.48. The number of nitro groups is 1. The van der Waals surface area contributed by atoms with Crippen LogP contribution in [-0.2, 0) is 19.2 Å². The van der Waals surface area contributed by atoms with Gasteiger partial charge in [0.05, 0.1) is 21.2 Å². The average Bonchev–Trinajstić information content (AvgIpc) is 2.68. The highest BCUT2D eigenvalue weighted by molar-refractivity contribution is 6.31. The van der Waals surface area contributed by atoms with E-state index in [1.807, 2.05) is 0 Å². The minimum atomic E-state index is -4.49. The van der Waals surface area contributed by atoms with Gasteiger partial charge in [-0.15, -0.1) is 0 Å². The Kier molecular flexibility index (Phi) is 6.03. The molecule has 1 aromatic heterocycles. The second-order valence-corrected chi connectivity index (χ2v) is 6.59. The van der Waals surface area contributed by atoms with E-state index in [0.717, 1.165) is 23.4 Å². The van der Waals surface area contributed by atoms with Crippen LogP contribution in [0.25, 0.3) is 0 Å². The Morgan fingerprint density at radius 2 is 1.66 bits per heavy atom. The molecule has 0 N–H and O–H groups in total. The second-order valence-electron chi connectivity index (χ2n) is 6.18. The van der Waals surface area contributed by atoms with Gasteiger partial charge in [0.2, 0.25) is 0 Å². The van der Waals surface area contributed by atoms with Crippen molar-refractivity contribution in [2.45, 2.75) is 19.2 Å². The van der Waals surface area contributed by atoms with Crippen molar-refractivity contribution in [2.24, 2.45) is 0 Å². The maximum atomic E-state index is 12.7. The zero-order chi connectivity index (χ0) is 21.0. The van der Waals surface area contributed by atoms with Crippen LogP contribution in [0, 0.1) is 10.1 Å². The molecular weight excluding hydrogens is 409 g/mol. The molecule has 0 radical (unpaired) electrons. The molecule has 0 unspecified atom stereocenters. The van der Waals surface area contributed by atoms with Crippen molar-refractivity contribution in [1.82, 2.24) is 4.98 Å². The highest BCUT2D eigenvalue weighted by atomic mass is 35.5. The number of hydrogen-bond donors (Lipinski definition) is 0. The molecule has 0 aliphatic heterocycles. The number of nitro benzene ring substituents is 1. The summed E-state index contributed by atoms with van der Waals surface area (Å²) in [5.74, 6) is 0.582. The van der Waals surface area contributed by atoms with E-state index in [1.165, 1.54) is 12.1 Å². The first-order valence-electron chi connectivity index (χ1n) is 8.39. The summed E-state index contributed by atoms with van der Waals surface area (Å²) in [5.41, 5.74) is 1.05. The van der Waals surface area contributed by atoms with Crippen molar-refractivity contribution in [1.29, 1.82) is 0 Å². The van der Waals surface area contributed by atoms with Crippen molar-refractivity contribution in [2.75, 3.05) is 0 Å². The number of nitrogens with zero attached hydrogens (tertiary/aromatic N) is 2. The molecule has 9 heteroatoms. The molecule has 0 fully saturated rings. The smallest absolute Gasteiger partial charge is 0.417 e. The van der Waals surface area contributed by atoms with E-state index in [9.17, 15) is 23.3 Å². The van der Waals surface area contributed by atoms with Gasteiger partial charge in [0, 0.05) is 24.8 Å². The molecule has 0 saturated carbocycles. The summed E-state index contributed by atoms with van der Waals surface area (Å²) in [6, 6.07) is 13.9. The number of halogens is 4. The van der Waals surface area contributed by atoms with Gasteiger partial charge < -0.3 is 4.74 Å². The van der Waals surface area contributed by atoms with E-state index in [1.54, 1.807) is 36.4 Å². The van der Waals surface area contributed by atoms with E-state index >= 15 is 0 Å². The van der Waals surface area contributed by atoms with Crippen LogP contribution in [0.3, 0.4) is 0 Å². The standard InChI is InChI=1S/C20H14ClF3N2O3/c21-18-10-15(20(22,23)24)11-25-19(18)9-13-3-7-17(8-4-13)29-12-14-1-5-16(6-2-14)26(27)28/h1-8,10-11H,9,12H2. The molecule has 0 bridgehead atoms. The van der Waals surface area contributed by atoms with Crippen molar-refractivity contribution < 1.29 is 22.8 Å². The summed E-state index contributed by atoms with van der Waals surface area (Å²) in [6.45, 7) is 0.240. The summed E-state index contributed by atoms with van der Waals surface area (Å²) in [6.07, 6.45) is -3.44.